The lowest BCUT2D eigenvalue weighted by Crippen LogP contribution is -2.20. The van der Waals surface area contributed by atoms with Crippen LogP contribution >= 0.6 is 0 Å². The van der Waals surface area contributed by atoms with Gasteiger partial charge in [-0.25, -0.2) is 9.37 Å². The van der Waals surface area contributed by atoms with Crippen LogP contribution in [0.3, 0.4) is 0 Å². The first-order valence-electron chi connectivity index (χ1n) is 8.57. The summed E-state index contributed by atoms with van der Waals surface area (Å²) in [6.45, 7) is 1.79. The van der Waals surface area contributed by atoms with Gasteiger partial charge in [-0.15, -0.1) is 0 Å². The Morgan fingerprint density at radius 1 is 1.23 bits per heavy atom. The van der Waals surface area contributed by atoms with Crippen LogP contribution in [0.4, 0.5) is 4.39 Å². The number of rotatable bonds is 3. The average Bonchev–Trinajstić information content (AvgIpc) is 3.12. The van der Waals surface area contributed by atoms with Crippen LogP contribution in [0.2, 0.25) is 0 Å². The zero-order valence-corrected chi connectivity index (χ0v) is 14.4. The molecular weight excluding hydrogens is 331 g/mol. The van der Waals surface area contributed by atoms with E-state index in [1.165, 1.54) is 18.7 Å². The van der Waals surface area contributed by atoms with Gasteiger partial charge in [0.25, 0.3) is 5.91 Å². The summed E-state index contributed by atoms with van der Waals surface area (Å²) >= 11 is 0. The molecule has 0 saturated heterocycles. The molecule has 0 fully saturated rings. The monoisotopic (exact) mass is 350 g/mol. The fraction of sp³-hybridized carbons (Fsp3) is 0.200. The lowest BCUT2D eigenvalue weighted by atomic mass is 10.00. The predicted octanol–water partition coefficient (Wildman–Crippen LogP) is 3.11. The van der Waals surface area contributed by atoms with Crippen LogP contribution in [-0.2, 0) is 0 Å². The van der Waals surface area contributed by atoms with Crippen molar-refractivity contribution in [3.63, 3.8) is 0 Å². The van der Waals surface area contributed by atoms with Crippen LogP contribution in [0.1, 0.15) is 22.5 Å². The summed E-state index contributed by atoms with van der Waals surface area (Å²) in [6, 6.07) is 8.37. The molecule has 4 rings (SSSR count). The topological polar surface area (TPSA) is 69.8 Å². The van der Waals surface area contributed by atoms with Crippen LogP contribution in [0.5, 0.6) is 0 Å². The van der Waals surface area contributed by atoms with Crippen LogP contribution in [0.15, 0.2) is 42.6 Å². The number of hydrogen-bond donors (Lipinski definition) is 3. The van der Waals surface area contributed by atoms with Gasteiger partial charge in [0.1, 0.15) is 11.5 Å². The van der Waals surface area contributed by atoms with Gasteiger partial charge in [0, 0.05) is 42.0 Å². The second-order valence-electron chi connectivity index (χ2n) is 6.26. The molecule has 0 radical (unpaired) electrons. The maximum absolute atomic E-state index is 14.7. The molecule has 1 aliphatic rings. The molecular formula is C20H19FN4O. The number of pyridine rings is 1. The Morgan fingerprint density at radius 2 is 2.12 bits per heavy atom. The first-order chi connectivity index (χ1) is 12.7. The molecule has 1 amide bonds. The van der Waals surface area contributed by atoms with Crippen molar-refractivity contribution >= 4 is 22.5 Å². The van der Waals surface area contributed by atoms with Crippen molar-refractivity contribution in [1.82, 2.24) is 20.6 Å². The van der Waals surface area contributed by atoms with E-state index in [9.17, 15) is 9.18 Å². The van der Waals surface area contributed by atoms with Gasteiger partial charge in [-0.2, -0.15) is 0 Å². The van der Waals surface area contributed by atoms with Crippen molar-refractivity contribution < 1.29 is 9.18 Å². The Bertz CT molecular complexity index is 1020. The Morgan fingerprint density at radius 3 is 2.85 bits per heavy atom. The minimum Gasteiger partial charge on any atom is -0.355 e. The molecule has 0 saturated carbocycles. The number of halogens is 1. The normalized spacial score (nSPS) is 14.3. The van der Waals surface area contributed by atoms with Crippen molar-refractivity contribution in [3.8, 4) is 11.1 Å². The summed E-state index contributed by atoms with van der Waals surface area (Å²) in [5.41, 5.74) is 4.50. The van der Waals surface area contributed by atoms with E-state index in [0.29, 0.717) is 11.1 Å². The number of benzene rings is 1. The van der Waals surface area contributed by atoms with Crippen LogP contribution in [0, 0.1) is 5.82 Å². The third-order valence-corrected chi connectivity index (χ3v) is 4.69. The summed E-state index contributed by atoms with van der Waals surface area (Å²) in [4.78, 5) is 19.4. The van der Waals surface area contributed by atoms with E-state index in [-0.39, 0.29) is 5.91 Å². The van der Waals surface area contributed by atoms with Gasteiger partial charge in [0.05, 0.1) is 0 Å². The van der Waals surface area contributed by atoms with Gasteiger partial charge in [-0.1, -0.05) is 12.1 Å². The molecule has 3 heterocycles. The van der Waals surface area contributed by atoms with Crippen LogP contribution in [-0.4, -0.2) is 36.0 Å². The Balaban J connectivity index is 1.81. The molecule has 3 aromatic rings. The number of fused-ring (bicyclic) bond motifs is 1. The fourth-order valence-corrected chi connectivity index (χ4v) is 3.32. The van der Waals surface area contributed by atoms with Gasteiger partial charge < -0.3 is 15.6 Å². The van der Waals surface area contributed by atoms with E-state index < -0.39 is 5.82 Å². The van der Waals surface area contributed by atoms with Crippen LogP contribution in [0.25, 0.3) is 27.7 Å². The number of hydrogen-bond acceptors (Lipinski definition) is 3. The molecule has 0 aliphatic carbocycles. The number of nitrogens with one attached hydrogen (secondary N) is 3. The number of aromatic nitrogens is 2. The standard InChI is InChI=1S/C20H19FN4O/c1-22-20(26)13-2-3-15(17(21)10-13)14-6-9-24-19-16(14)11-18(25-19)12-4-7-23-8-5-12/h2-4,6,9-11,23H,5,7-8H2,1H3,(H,22,26)(H,24,25). The van der Waals surface area contributed by atoms with Crippen molar-refractivity contribution in [1.29, 1.82) is 0 Å². The van der Waals surface area contributed by atoms with Gasteiger partial charge >= 0.3 is 0 Å². The molecule has 0 bridgehead atoms. The van der Waals surface area contributed by atoms with Gasteiger partial charge in [-0.05, 0) is 48.4 Å². The molecule has 5 nitrogen and oxygen atoms in total. The number of carbonyl (C=O) groups excluding carboxylic acids is 1. The molecule has 0 unspecified atom stereocenters. The first-order valence-corrected chi connectivity index (χ1v) is 8.57. The highest BCUT2D eigenvalue weighted by Gasteiger charge is 2.15. The summed E-state index contributed by atoms with van der Waals surface area (Å²) in [5.74, 6) is -0.737. The van der Waals surface area contributed by atoms with Crippen molar-refractivity contribution in [2.75, 3.05) is 20.1 Å². The SMILES string of the molecule is CNC(=O)c1ccc(-c2ccnc3[nH]c(C4=CCNCC4)cc23)c(F)c1. The maximum atomic E-state index is 14.7. The smallest absolute Gasteiger partial charge is 0.251 e. The highest BCUT2D eigenvalue weighted by Crippen LogP contribution is 2.32. The molecule has 1 aliphatic heterocycles. The highest BCUT2D eigenvalue weighted by molar-refractivity contribution is 5.97. The van der Waals surface area contributed by atoms with E-state index in [1.54, 1.807) is 24.4 Å². The quantitative estimate of drug-likeness (QED) is 0.680. The minimum absolute atomic E-state index is 0.300. The summed E-state index contributed by atoms with van der Waals surface area (Å²) in [5, 5.41) is 6.67. The fourth-order valence-electron chi connectivity index (χ4n) is 3.32. The highest BCUT2D eigenvalue weighted by atomic mass is 19.1. The first kappa shape index (κ1) is 16.5. The minimum atomic E-state index is -0.428. The van der Waals surface area contributed by atoms with E-state index >= 15 is 0 Å². The molecule has 0 spiro atoms. The molecule has 132 valence electrons. The lowest BCUT2D eigenvalue weighted by Gasteiger charge is -2.12. The number of amides is 1. The Kier molecular flexibility index (Phi) is 4.26. The number of H-pyrrole nitrogens is 1. The number of aromatic amines is 1. The summed E-state index contributed by atoms with van der Waals surface area (Å²) in [6.07, 6.45) is 4.77. The second-order valence-corrected chi connectivity index (χ2v) is 6.26. The Labute approximate surface area is 150 Å². The summed E-state index contributed by atoms with van der Waals surface area (Å²) in [7, 11) is 1.53. The third kappa shape index (κ3) is 2.88. The number of carbonyl (C=O) groups is 1. The Hall–Kier alpha value is -2.99. The van der Waals surface area contributed by atoms with Crippen molar-refractivity contribution in [2.24, 2.45) is 0 Å². The second kappa shape index (κ2) is 6.72. The van der Waals surface area contributed by atoms with Gasteiger partial charge in [-0.3, -0.25) is 4.79 Å². The van der Waals surface area contributed by atoms with Crippen LogP contribution < -0.4 is 10.6 Å². The average molecular weight is 350 g/mol. The lowest BCUT2D eigenvalue weighted by molar-refractivity contribution is 0.0962. The zero-order valence-electron chi connectivity index (χ0n) is 14.4. The third-order valence-electron chi connectivity index (χ3n) is 4.69. The van der Waals surface area contributed by atoms with E-state index in [0.717, 1.165) is 41.8 Å². The maximum Gasteiger partial charge on any atom is 0.251 e. The predicted molar refractivity (Wildman–Crippen MR) is 100 cm³/mol. The largest absolute Gasteiger partial charge is 0.355 e. The van der Waals surface area contributed by atoms with E-state index in [4.69, 9.17) is 0 Å². The molecule has 6 heteroatoms. The molecule has 0 atom stereocenters. The number of nitrogens with zero attached hydrogens (tertiary/aromatic N) is 1. The zero-order chi connectivity index (χ0) is 18.1. The molecule has 1 aromatic carbocycles. The van der Waals surface area contributed by atoms with Crippen molar-refractivity contribution in [3.05, 3.63) is 59.7 Å². The van der Waals surface area contributed by atoms with Crippen molar-refractivity contribution in [2.45, 2.75) is 6.42 Å². The summed E-state index contributed by atoms with van der Waals surface area (Å²) < 4.78 is 14.7. The van der Waals surface area contributed by atoms with Gasteiger partial charge in [0.15, 0.2) is 0 Å². The molecule has 26 heavy (non-hydrogen) atoms. The van der Waals surface area contributed by atoms with E-state index in [2.05, 4.69) is 26.7 Å². The van der Waals surface area contributed by atoms with Gasteiger partial charge in [0.2, 0.25) is 0 Å². The molecule has 3 N–H and O–H groups in total. The molecule has 2 aromatic heterocycles. The van der Waals surface area contributed by atoms with E-state index in [1.807, 2.05) is 6.07 Å².